The molecule has 1 fully saturated rings. The maximum absolute atomic E-state index is 13.2. The first kappa shape index (κ1) is 16.4. The summed E-state index contributed by atoms with van der Waals surface area (Å²) in [7, 11) is 1.70. The number of rotatable bonds is 4. The van der Waals surface area contributed by atoms with Gasteiger partial charge in [-0.05, 0) is 12.5 Å². The molecule has 3 aliphatic heterocycles. The second-order valence-electron chi connectivity index (χ2n) is 6.67. The van der Waals surface area contributed by atoms with Crippen molar-refractivity contribution < 1.29 is 9.59 Å². The molecular formula is C19H21N5O2. The van der Waals surface area contributed by atoms with Crippen LogP contribution in [0.1, 0.15) is 12.5 Å². The molecule has 1 aromatic carbocycles. The van der Waals surface area contributed by atoms with Crippen molar-refractivity contribution in [2.75, 3.05) is 13.6 Å². The van der Waals surface area contributed by atoms with Crippen molar-refractivity contribution in [2.45, 2.75) is 25.7 Å². The number of imide groups is 1. The maximum Gasteiger partial charge on any atom is 0.328 e. The summed E-state index contributed by atoms with van der Waals surface area (Å²) in [4.78, 5) is 37.4. The van der Waals surface area contributed by atoms with E-state index in [1.54, 1.807) is 18.0 Å². The molecule has 0 bridgehead atoms. The highest BCUT2D eigenvalue weighted by Gasteiger charge is 2.54. The Bertz CT molecular complexity index is 832. The summed E-state index contributed by atoms with van der Waals surface area (Å²) in [6.45, 7) is 6.62. The van der Waals surface area contributed by atoms with Gasteiger partial charge in [0.05, 0.1) is 6.54 Å². The number of carbonyl (C=O) groups is 2. The fourth-order valence-corrected chi connectivity index (χ4v) is 3.67. The van der Waals surface area contributed by atoms with Crippen molar-refractivity contribution in [1.82, 2.24) is 19.6 Å². The normalized spacial score (nSPS) is 24.5. The van der Waals surface area contributed by atoms with Crippen molar-refractivity contribution >= 4 is 17.9 Å². The van der Waals surface area contributed by atoms with E-state index < -0.39 is 12.2 Å². The molecule has 7 heteroatoms. The molecule has 0 spiro atoms. The molecule has 2 atom stereocenters. The number of carbonyl (C=O) groups excluding carboxylic acids is 2. The van der Waals surface area contributed by atoms with Crippen LogP contribution in [0.15, 0.2) is 59.9 Å². The van der Waals surface area contributed by atoms with Gasteiger partial charge in [0.2, 0.25) is 5.96 Å². The Kier molecular flexibility index (Phi) is 3.79. The number of amides is 3. The minimum atomic E-state index is -0.527. The molecule has 1 saturated heterocycles. The third-order valence-electron chi connectivity index (χ3n) is 5.00. The Labute approximate surface area is 152 Å². The highest BCUT2D eigenvalue weighted by molar-refractivity contribution is 6.04. The largest absolute Gasteiger partial charge is 0.328 e. The summed E-state index contributed by atoms with van der Waals surface area (Å²) >= 11 is 0. The number of benzene rings is 1. The van der Waals surface area contributed by atoms with Gasteiger partial charge in [0.1, 0.15) is 0 Å². The number of nitrogens with zero attached hydrogens (tertiary/aromatic N) is 5. The number of urea groups is 1. The van der Waals surface area contributed by atoms with Gasteiger partial charge >= 0.3 is 6.03 Å². The van der Waals surface area contributed by atoms with Crippen LogP contribution in [0, 0.1) is 0 Å². The topological polar surface area (TPSA) is 59.5 Å². The average molecular weight is 351 g/mol. The number of allylic oxidation sites excluding steroid dienone is 1. The molecule has 2 unspecified atom stereocenters. The molecule has 0 radical (unpaired) electrons. The first-order chi connectivity index (χ1) is 12.5. The van der Waals surface area contributed by atoms with Gasteiger partial charge < -0.3 is 14.7 Å². The van der Waals surface area contributed by atoms with Crippen LogP contribution in [0.25, 0.3) is 0 Å². The molecule has 3 amide bonds. The molecule has 0 aliphatic carbocycles. The Hall–Kier alpha value is -3.09. The summed E-state index contributed by atoms with van der Waals surface area (Å²) < 4.78 is 0. The lowest BCUT2D eigenvalue weighted by Crippen LogP contribution is -2.63. The molecule has 0 aromatic heterocycles. The van der Waals surface area contributed by atoms with Gasteiger partial charge in [-0.1, -0.05) is 36.4 Å². The van der Waals surface area contributed by atoms with E-state index in [2.05, 4.69) is 11.6 Å². The zero-order chi connectivity index (χ0) is 18.4. The Morgan fingerprint density at radius 2 is 1.92 bits per heavy atom. The van der Waals surface area contributed by atoms with Crippen molar-refractivity contribution in [3.8, 4) is 0 Å². The third-order valence-corrected chi connectivity index (χ3v) is 5.00. The lowest BCUT2D eigenvalue weighted by atomic mass is 10.1. The summed E-state index contributed by atoms with van der Waals surface area (Å²) in [5, 5.41) is 0. The van der Waals surface area contributed by atoms with Gasteiger partial charge in [-0.15, -0.1) is 6.58 Å². The van der Waals surface area contributed by atoms with Gasteiger partial charge in [0, 0.05) is 25.5 Å². The minimum Gasteiger partial charge on any atom is -0.311 e. The predicted molar refractivity (Wildman–Crippen MR) is 97.7 cm³/mol. The second kappa shape index (κ2) is 6.01. The molecule has 0 N–H and O–H groups in total. The van der Waals surface area contributed by atoms with Gasteiger partial charge in [0.25, 0.3) is 5.91 Å². The summed E-state index contributed by atoms with van der Waals surface area (Å²) in [5.41, 5.74) is 1.92. The fraction of sp³-hybridized carbons (Fsp3) is 0.316. The van der Waals surface area contributed by atoms with Crippen LogP contribution in [0.5, 0.6) is 0 Å². The first-order valence-electron chi connectivity index (χ1n) is 8.58. The van der Waals surface area contributed by atoms with Gasteiger partial charge in [0.15, 0.2) is 12.2 Å². The number of aliphatic imine (C=N–C) groups is 1. The van der Waals surface area contributed by atoms with Crippen LogP contribution in [-0.4, -0.2) is 63.3 Å². The van der Waals surface area contributed by atoms with E-state index in [1.165, 1.54) is 4.90 Å². The summed E-state index contributed by atoms with van der Waals surface area (Å²) in [6, 6.07) is 8.69. The highest BCUT2D eigenvalue weighted by Crippen LogP contribution is 2.34. The predicted octanol–water partition coefficient (Wildman–Crippen LogP) is 1.81. The van der Waals surface area contributed by atoms with Crippen LogP contribution in [0.3, 0.4) is 0 Å². The van der Waals surface area contributed by atoms with E-state index in [4.69, 9.17) is 0 Å². The van der Waals surface area contributed by atoms with E-state index in [9.17, 15) is 9.59 Å². The van der Waals surface area contributed by atoms with Gasteiger partial charge in [-0.25, -0.2) is 9.79 Å². The highest BCUT2D eigenvalue weighted by atomic mass is 16.2. The van der Waals surface area contributed by atoms with E-state index in [0.717, 1.165) is 11.3 Å². The molecule has 1 aromatic rings. The number of hydrogen-bond acceptors (Lipinski definition) is 5. The Morgan fingerprint density at radius 3 is 2.62 bits per heavy atom. The molecule has 3 aliphatic rings. The number of fused-ring (bicyclic) bond motifs is 3. The molecule has 7 nitrogen and oxygen atoms in total. The van der Waals surface area contributed by atoms with Crippen molar-refractivity contribution in [1.29, 1.82) is 0 Å². The van der Waals surface area contributed by atoms with Crippen LogP contribution in [0.2, 0.25) is 0 Å². The second-order valence-corrected chi connectivity index (χ2v) is 6.67. The lowest BCUT2D eigenvalue weighted by Gasteiger charge is -2.40. The number of guanidine groups is 1. The lowest BCUT2D eigenvalue weighted by molar-refractivity contribution is -0.137. The molecular weight excluding hydrogens is 330 g/mol. The molecule has 26 heavy (non-hydrogen) atoms. The van der Waals surface area contributed by atoms with Crippen LogP contribution < -0.4 is 0 Å². The minimum absolute atomic E-state index is 0.217. The van der Waals surface area contributed by atoms with Crippen molar-refractivity contribution in [3.05, 3.63) is 60.4 Å². The van der Waals surface area contributed by atoms with Crippen molar-refractivity contribution in [3.63, 3.8) is 0 Å². The zero-order valence-corrected chi connectivity index (χ0v) is 14.9. The zero-order valence-electron chi connectivity index (χ0n) is 14.9. The Balaban J connectivity index is 1.65. The number of hydrogen-bond donors (Lipinski definition) is 0. The third kappa shape index (κ3) is 2.31. The van der Waals surface area contributed by atoms with Crippen molar-refractivity contribution in [2.24, 2.45) is 4.99 Å². The monoisotopic (exact) mass is 351 g/mol. The molecule has 134 valence electrons. The summed E-state index contributed by atoms with van der Waals surface area (Å²) in [5.74, 6) is 0.483. The smallest absolute Gasteiger partial charge is 0.311 e. The van der Waals surface area contributed by atoms with E-state index in [1.807, 2.05) is 53.3 Å². The van der Waals surface area contributed by atoms with Crippen LogP contribution >= 0.6 is 0 Å². The maximum atomic E-state index is 13.2. The van der Waals surface area contributed by atoms with E-state index >= 15 is 0 Å². The van der Waals surface area contributed by atoms with Crippen LogP contribution in [-0.2, 0) is 11.3 Å². The molecule has 0 saturated carbocycles. The Morgan fingerprint density at radius 1 is 1.19 bits per heavy atom. The number of likely N-dealkylation sites (N-methyl/N-ethyl adjacent to an activating group) is 1. The molecule has 3 heterocycles. The quantitative estimate of drug-likeness (QED) is 0.777. The van der Waals surface area contributed by atoms with E-state index in [-0.39, 0.29) is 18.5 Å². The fourth-order valence-electron chi connectivity index (χ4n) is 3.67. The average Bonchev–Trinajstić information content (AvgIpc) is 3.14. The summed E-state index contributed by atoms with van der Waals surface area (Å²) in [6.07, 6.45) is 3.22. The first-order valence-corrected chi connectivity index (χ1v) is 8.58. The molecule has 4 rings (SSSR count). The standard InChI is InChI=1S/C19H21N5O2/c1-4-10-22-13(2)11-23-15-16(20-18(22)23)21(3)19(26)24(17(15)25)12-14-8-6-5-7-9-14/h4-9,11,15-16H,1,10,12H2,2-3H3. The SMILES string of the molecule is C=CCN1C(C)=CN2C1=NC1C2C(=O)N(Cc2ccccc2)C(=O)N1C. The van der Waals surface area contributed by atoms with Gasteiger partial charge in [-0.2, -0.15) is 0 Å². The van der Waals surface area contributed by atoms with E-state index in [0.29, 0.717) is 12.5 Å². The van der Waals surface area contributed by atoms with Crippen LogP contribution in [0.4, 0.5) is 4.79 Å². The van der Waals surface area contributed by atoms with Gasteiger partial charge in [-0.3, -0.25) is 9.69 Å².